The molecule has 1 amide bonds. The summed E-state index contributed by atoms with van der Waals surface area (Å²) in [6, 6.07) is 5.19. The van der Waals surface area contributed by atoms with Crippen molar-refractivity contribution in [1.29, 1.82) is 0 Å². The summed E-state index contributed by atoms with van der Waals surface area (Å²) >= 11 is 0. The van der Waals surface area contributed by atoms with Gasteiger partial charge in [0.25, 0.3) is 0 Å². The Labute approximate surface area is 88.3 Å². The van der Waals surface area contributed by atoms with Crippen LogP contribution in [0.3, 0.4) is 0 Å². The highest BCUT2D eigenvalue weighted by molar-refractivity contribution is 5.94. The molecule has 82 valence electrons. The summed E-state index contributed by atoms with van der Waals surface area (Å²) < 4.78 is 0. The first kappa shape index (κ1) is 11.7. The first-order chi connectivity index (χ1) is 7.20. The Kier molecular flexibility index (Phi) is 4.27. The second-order valence-electron chi connectivity index (χ2n) is 3.25. The van der Waals surface area contributed by atoms with Crippen LogP contribution in [0.5, 0.6) is 0 Å². The summed E-state index contributed by atoms with van der Waals surface area (Å²) in [5.41, 5.74) is 7.25. The van der Waals surface area contributed by atoms with E-state index < -0.39 is 5.91 Å². The standard InChI is InChI=1S/C11H15NO3/c12-11(15)10-3-1-2-8(4-6-13)9(10)5-7-14/h1-3,13-14H,4-7H2,(H2,12,15). The average Bonchev–Trinajstić information content (AvgIpc) is 2.21. The highest BCUT2D eigenvalue weighted by Gasteiger charge is 2.11. The van der Waals surface area contributed by atoms with E-state index in [1.54, 1.807) is 12.1 Å². The van der Waals surface area contributed by atoms with Gasteiger partial charge in [-0.05, 0) is 30.0 Å². The Morgan fingerprint density at radius 2 is 1.87 bits per heavy atom. The maximum absolute atomic E-state index is 11.1. The van der Waals surface area contributed by atoms with Gasteiger partial charge in [0.1, 0.15) is 0 Å². The summed E-state index contributed by atoms with van der Waals surface area (Å²) in [4.78, 5) is 11.1. The smallest absolute Gasteiger partial charge is 0.248 e. The highest BCUT2D eigenvalue weighted by atomic mass is 16.3. The van der Waals surface area contributed by atoms with Gasteiger partial charge in [-0.2, -0.15) is 0 Å². The van der Waals surface area contributed by atoms with Gasteiger partial charge in [-0.1, -0.05) is 12.1 Å². The van der Waals surface area contributed by atoms with Crippen molar-refractivity contribution in [1.82, 2.24) is 0 Å². The monoisotopic (exact) mass is 209 g/mol. The molecule has 1 aromatic carbocycles. The van der Waals surface area contributed by atoms with E-state index in [0.717, 1.165) is 11.1 Å². The predicted octanol–water partition coefficient (Wildman–Crippen LogP) is -0.145. The van der Waals surface area contributed by atoms with E-state index in [2.05, 4.69) is 0 Å². The van der Waals surface area contributed by atoms with Gasteiger partial charge in [-0.15, -0.1) is 0 Å². The molecule has 0 aromatic heterocycles. The third kappa shape index (κ3) is 2.78. The van der Waals surface area contributed by atoms with Gasteiger partial charge in [0.15, 0.2) is 0 Å². The van der Waals surface area contributed by atoms with Crippen molar-refractivity contribution >= 4 is 5.91 Å². The third-order valence-electron chi connectivity index (χ3n) is 2.28. The number of hydrogen-bond donors (Lipinski definition) is 3. The fourth-order valence-electron chi connectivity index (χ4n) is 1.63. The van der Waals surface area contributed by atoms with Crippen LogP contribution < -0.4 is 5.73 Å². The van der Waals surface area contributed by atoms with Gasteiger partial charge in [0.2, 0.25) is 5.91 Å². The Balaban J connectivity index is 3.15. The number of benzene rings is 1. The molecular formula is C11H15NO3. The molecule has 0 spiro atoms. The molecule has 0 saturated carbocycles. The van der Waals surface area contributed by atoms with Crippen LogP contribution in [0.4, 0.5) is 0 Å². The molecule has 0 saturated heterocycles. The maximum atomic E-state index is 11.1. The average molecular weight is 209 g/mol. The first-order valence-corrected chi connectivity index (χ1v) is 4.83. The van der Waals surface area contributed by atoms with Gasteiger partial charge >= 0.3 is 0 Å². The molecule has 4 heteroatoms. The Bertz CT molecular complexity index is 350. The van der Waals surface area contributed by atoms with E-state index >= 15 is 0 Å². The van der Waals surface area contributed by atoms with Gasteiger partial charge in [0.05, 0.1) is 0 Å². The predicted molar refractivity (Wildman–Crippen MR) is 56.5 cm³/mol. The lowest BCUT2D eigenvalue weighted by Gasteiger charge is -2.11. The van der Waals surface area contributed by atoms with E-state index in [1.165, 1.54) is 0 Å². The lowest BCUT2D eigenvalue weighted by atomic mass is 9.96. The number of carbonyl (C=O) groups is 1. The van der Waals surface area contributed by atoms with E-state index in [1.807, 2.05) is 6.07 Å². The van der Waals surface area contributed by atoms with Crippen molar-refractivity contribution in [2.24, 2.45) is 5.73 Å². The van der Waals surface area contributed by atoms with Crippen molar-refractivity contribution in [3.63, 3.8) is 0 Å². The van der Waals surface area contributed by atoms with Crippen molar-refractivity contribution in [3.8, 4) is 0 Å². The van der Waals surface area contributed by atoms with Crippen LogP contribution in [0.1, 0.15) is 21.5 Å². The molecule has 4 nitrogen and oxygen atoms in total. The third-order valence-corrected chi connectivity index (χ3v) is 2.28. The molecule has 15 heavy (non-hydrogen) atoms. The van der Waals surface area contributed by atoms with E-state index in [9.17, 15) is 4.79 Å². The summed E-state index contributed by atoms with van der Waals surface area (Å²) in [6.45, 7) is -0.0244. The van der Waals surface area contributed by atoms with Crippen molar-refractivity contribution < 1.29 is 15.0 Å². The van der Waals surface area contributed by atoms with Crippen molar-refractivity contribution in [2.45, 2.75) is 12.8 Å². The number of amides is 1. The van der Waals surface area contributed by atoms with Crippen LogP contribution in [0, 0.1) is 0 Å². The fraction of sp³-hybridized carbons (Fsp3) is 0.364. The van der Waals surface area contributed by atoms with Crippen LogP contribution in [-0.2, 0) is 12.8 Å². The van der Waals surface area contributed by atoms with Gasteiger partial charge < -0.3 is 15.9 Å². The van der Waals surface area contributed by atoms with Gasteiger partial charge in [0, 0.05) is 18.8 Å². The topological polar surface area (TPSA) is 83.6 Å². The number of aliphatic hydroxyl groups excluding tert-OH is 2. The molecule has 0 aliphatic rings. The molecule has 0 unspecified atom stereocenters. The Morgan fingerprint density at radius 1 is 1.20 bits per heavy atom. The second-order valence-corrected chi connectivity index (χ2v) is 3.25. The fourth-order valence-corrected chi connectivity index (χ4v) is 1.63. The summed E-state index contributed by atoms with van der Waals surface area (Å²) in [5, 5.41) is 17.8. The lowest BCUT2D eigenvalue weighted by Crippen LogP contribution is -2.16. The molecule has 0 aliphatic heterocycles. The molecule has 0 radical (unpaired) electrons. The molecule has 0 heterocycles. The quantitative estimate of drug-likeness (QED) is 0.631. The summed E-state index contributed by atoms with van der Waals surface area (Å²) in [7, 11) is 0. The maximum Gasteiger partial charge on any atom is 0.248 e. The second kappa shape index (κ2) is 5.48. The zero-order valence-corrected chi connectivity index (χ0v) is 8.44. The Morgan fingerprint density at radius 3 is 2.40 bits per heavy atom. The molecule has 0 atom stereocenters. The Hall–Kier alpha value is -1.39. The van der Waals surface area contributed by atoms with Crippen molar-refractivity contribution in [2.75, 3.05) is 13.2 Å². The van der Waals surface area contributed by atoms with Crippen LogP contribution in [0.15, 0.2) is 18.2 Å². The molecule has 4 N–H and O–H groups in total. The minimum atomic E-state index is -0.502. The van der Waals surface area contributed by atoms with Crippen LogP contribution in [0.2, 0.25) is 0 Å². The number of rotatable bonds is 5. The molecular weight excluding hydrogens is 194 g/mol. The largest absolute Gasteiger partial charge is 0.396 e. The van der Waals surface area contributed by atoms with E-state index in [4.69, 9.17) is 15.9 Å². The van der Waals surface area contributed by atoms with E-state index in [0.29, 0.717) is 18.4 Å². The molecule has 1 rings (SSSR count). The molecule has 0 fully saturated rings. The normalized spacial score (nSPS) is 10.3. The summed E-state index contributed by atoms with van der Waals surface area (Å²) in [6.07, 6.45) is 0.852. The van der Waals surface area contributed by atoms with Gasteiger partial charge in [-0.3, -0.25) is 4.79 Å². The SMILES string of the molecule is NC(=O)c1cccc(CCO)c1CCO. The highest BCUT2D eigenvalue weighted by Crippen LogP contribution is 2.16. The van der Waals surface area contributed by atoms with Crippen molar-refractivity contribution in [3.05, 3.63) is 34.9 Å². The zero-order valence-electron chi connectivity index (χ0n) is 8.44. The minimum Gasteiger partial charge on any atom is -0.396 e. The van der Waals surface area contributed by atoms with E-state index in [-0.39, 0.29) is 13.2 Å². The number of nitrogens with two attached hydrogens (primary N) is 1. The molecule has 0 bridgehead atoms. The van der Waals surface area contributed by atoms with Crippen LogP contribution in [-0.4, -0.2) is 29.3 Å². The first-order valence-electron chi connectivity index (χ1n) is 4.83. The van der Waals surface area contributed by atoms with Crippen LogP contribution >= 0.6 is 0 Å². The lowest BCUT2D eigenvalue weighted by molar-refractivity contribution is 0.0999. The number of primary amides is 1. The van der Waals surface area contributed by atoms with Crippen LogP contribution in [0.25, 0.3) is 0 Å². The number of aliphatic hydroxyl groups is 2. The van der Waals surface area contributed by atoms with Gasteiger partial charge in [-0.25, -0.2) is 0 Å². The zero-order chi connectivity index (χ0) is 11.3. The summed E-state index contributed by atoms with van der Waals surface area (Å²) in [5.74, 6) is -0.502. The minimum absolute atomic E-state index is 0.0145. The molecule has 0 aliphatic carbocycles. The number of carbonyl (C=O) groups excluding carboxylic acids is 1. The number of hydrogen-bond acceptors (Lipinski definition) is 3. The molecule has 1 aromatic rings.